The van der Waals surface area contributed by atoms with E-state index in [1.165, 1.54) is 12.8 Å². The molecular formula is C15H18F2N2O. The maximum Gasteiger partial charge on any atom is 0.224 e. The van der Waals surface area contributed by atoms with Gasteiger partial charge < -0.3 is 10.6 Å². The van der Waals surface area contributed by atoms with Gasteiger partial charge in [0.1, 0.15) is 11.6 Å². The van der Waals surface area contributed by atoms with Gasteiger partial charge in [0, 0.05) is 30.3 Å². The number of anilines is 1. The number of hydrogen-bond acceptors (Lipinski definition) is 2. The second-order valence-electron chi connectivity index (χ2n) is 5.89. The van der Waals surface area contributed by atoms with Crippen LogP contribution in [0.4, 0.5) is 14.5 Å². The summed E-state index contributed by atoms with van der Waals surface area (Å²) >= 11 is 0. The molecule has 0 saturated carbocycles. The summed E-state index contributed by atoms with van der Waals surface area (Å²) < 4.78 is 26.1. The van der Waals surface area contributed by atoms with Gasteiger partial charge in [-0.05, 0) is 43.7 Å². The van der Waals surface area contributed by atoms with Crippen LogP contribution >= 0.6 is 0 Å². The molecule has 2 saturated heterocycles. The van der Waals surface area contributed by atoms with Crippen LogP contribution in [0.25, 0.3) is 0 Å². The molecule has 0 radical (unpaired) electrons. The number of piperidine rings is 1. The average Bonchev–Trinajstić information content (AvgIpc) is 2.67. The fourth-order valence-electron chi connectivity index (χ4n) is 3.44. The molecule has 1 aromatic carbocycles. The second kappa shape index (κ2) is 5.48. The van der Waals surface area contributed by atoms with Gasteiger partial charge >= 0.3 is 0 Å². The van der Waals surface area contributed by atoms with Gasteiger partial charge in [-0.3, -0.25) is 4.79 Å². The Hall–Kier alpha value is -1.49. The van der Waals surface area contributed by atoms with Crippen molar-refractivity contribution >= 4 is 11.6 Å². The van der Waals surface area contributed by atoms with Crippen LogP contribution in [-0.2, 0) is 4.79 Å². The minimum atomic E-state index is -0.680. The number of rotatable bonds is 3. The third-order valence-electron chi connectivity index (χ3n) is 4.19. The molecule has 3 nitrogen and oxygen atoms in total. The number of hydrogen-bond donors (Lipinski definition) is 2. The van der Waals surface area contributed by atoms with Crippen LogP contribution < -0.4 is 10.6 Å². The Kier molecular flexibility index (Phi) is 3.70. The highest BCUT2D eigenvalue weighted by Crippen LogP contribution is 2.32. The lowest BCUT2D eigenvalue weighted by molar-refractivity contribution is -0.117. The summed E-state index contributed by atoms with van der Waals surface area (Å²) in [5, 5.41) is 6.11. The van der Waals surface area contributed by atoms with Crippen molar-refractivity contribution in [2.75, 3.05) is 5.32 Å². The first-order chi connectivity index (χ1) is 9.58. The Morgan fingerprint density at radius 1 is 1.15 bits per heavy atom. The van der Waals surface area contributed by atoms with Crippen molar-refractivity contribution < 1.29 is 13.6 Å². The molecule has 5 heteroatoms. The minimum absolute atomic E-state index is 0.165. The van der Waals surface area contributed by atoms with Gasteiger partial charge in [0.2, 0.25) is 5.91 Å². The number of fused-ring (bicyclic) bond motifs is 2. The normalized spacial score (nSPS) is 28.4. The smallest absolute Gasteiger partial charge is 0.224 e. The van der Waals surface area contributed by atoms with E-state index in [-0.39, 0.29) is 11.6 Å². The zero-order chi connectivity index (χ0) is 14.1. The van der Waals surface area contributed by atoms with E-state index in [1.807, 2.05) is 0 Å². The van der Waals surface area contributed by atoms with Gasteiger partial charge in [-0.2, -0.15) is 0 Å². The average molecular weight is 280 g/mol. The maximum absolute atomic E-state index is 13.0. The molecule has 1 aromatic rings. The summed E-state index contributed by atoms with van der Waals surface area (Å²) in [6.07, 6.45) is 4.84. The first kappa shape index (κ1) is 13.5. The van der Waals surface area contributed by atoms with E-state index in [2.05, 4.69) is 10.6 Å². The van der Waals surface area contributed by atoms with Crippen molar-refractivity contribution in [3.05, 3.63) is 29.8 Å². The molecule has 2 fully saturated rings. The Labute approximate surface area is 116 Å². The predicted molar refractivity (Wildman–Crippen MR) is 72.3 cm³/mol. The molecule has 108 valence electrons. The third-order valence-corrected chi connectivity index (χ3v) is 4.19. The van der Waals surface area contributed by atoms with Crippen molar-refractivity contribution in [3.63, 3.8) is 0 Å². The largest absolute Gasteiger partial charge is 0.326 e. The van der Waals surface area contributed by atoms with Gasteiger partial charge in [0.15, 0.2) is 0 Å². The first-order valence-electron chi connectivity index (χ1n) is 7.10. The van der Waals surface area contributed by atoms with E-state index >= 15 is 0 Å². The SMILES string of the molecule is O=C(CC1CC2CCC(C1)N2)Nc1cc(F)cc(F)c1. The number of benzene rings is 1. The molecule has 0 aromatic heterocycles. The van der Waals surface area contributed by atoms with Crippen molar-refractivity contribution in [1.82, 2.24) is 5.32 Å². The van der Waals surface area contributed by atoms with Crippen LogP contribution in [0, 0.1) is 17.6 Å². The van der Waals surface area contributed by atoms with Crippen LogP contribution in [0.5, 0.6) is 0 Å². The van der Waals surface area contributed by atoms with Gasteiger partial charge in [-0.1, -0.05) is 0 Å². The van der Waals surface area contributed by atoms with Gasteiger partial charge in [0.05, 0.1) is 0 Å². The standard InChI is InChI=1S/C15H18F2N2O/c16-10-6-11(17)8-14(7-10)19-15(20)5-9-3-12-1-2-13(4-9)18-12/h6-9,12-13,18H,1-5H2,(H,19,20). The zero-order valence-corrected chi connectivity index (χ0v) is 11.2. The molecule has 1 amide bonds. The van der Waals surface area contributed by atoms with E-state index in [0.717, 1.165) is 31.0 Å². The fraction of sp³-hybridized carbons (Fsp3) is 0.533. The van der Waals surface area contributed by atoms with Crippen LogP contribution in [0.1, 0.15) is 32.1 Å². The molecule has 2 aliphatic rings. The number of carbonyl (C=O) groups is 1. The van der Waals surface area contributed by atoms with E-state index < -0.39 is 11.6 Å². The van der Waals surface area contributed by atoms with Crippen molar-refractivity contribution in [3.8, 4) is 0 Å². The van der Waals surface area contributed by atoms with E-state index in [4.69, 9.17) is 0 Å². The maximum atomic E-state index is 13.0. The molecule has 0 aliphatic carbocycles. The molecule has 2 atom stereocenters. The lowest BCUT2D eigenvalue weighted by Crippen LogP contribution is -2.39. The van der Waals surface area contributed by atoms with Crippen molar-refractivity contribution in [2.45, 2.75) is 44.2 Å². The Morgan fingerprint density at radius 2 is 1.75 bits per heavy atom. The summed E-state index contributed by atoms with van der Waals surface area (Å²) in [6.45, 7) is 0. The van der Waals surface area contributed by atoms with E-state index in [0.29, 0.717) is 24.4 Å². The highest BCUT2D eigenvalue weighted by molar-refractivity contribution is 5.90. The van der Waals surface area contributed by atoms with Gasteiger partial charge in [-0.15, -0.1) is 0 Å². The summed E-state index contributed by atoms with van der Waals surface area (Å²) in [5.74, 6) is -1.16. The highest BCUT2D eigenvalue weighted by atomic mass is 19.1. The molecule has 2 unspecified atom stereocenters. The minimum Gasteiger partial charge on any atom is -0.326 e. The van der Waals surface area contributed by atoms with Gasteiger partial charge in [-0.25, -0.2) is 8.78 Å². The molecule has 0 spiro atoms. The van der Waals surface area contributed by atoms with Crippen LogP contribution in [0.3, 0.4) is 0 Å². The number of halogens is 2. The summed E-state index contributed by atoms with van der Waals surface area (Å²) in [5.41, 5.74) is 0.185. The molecule has 2 bridgehead atoms. The fourth-order valence-corrected chi connectivity index (χ4v) is 3.44. The second-order valence-corrected chi connectivity index (χ2v) is 5.89. The topological polar surface area (TPSA) is 41.1 Å². The lowest BCUT2D eigenvalue weighted by Gasteiger charge is -2.28. The number of nitrogens with one attached hydrogen (secondary N) is 2. The summed E-state index contributed by atoms with van der Waals surface area (Å²) in [7, 11) is 0. The molecule has 20 heavy (non-hydrogen) atoms. The molecule has 2 aliphatic heterocycles. The Morgan fingerprint density at radius 3 is 2.35 bits per heavy atom. The van der Waals surface area contributed by atoms with E-state index in [9.17, 15) is 13.6 Å². The van der Waals surface area contributed by atoms with Crippen LogP contribution in [-0.4, -0.2) is 18.0 Å². The van der Waals surface area contributed by atoms with Crippen molar-refractivity contribution in [1.29, 1.82) is 0 Å². The predicted octanol–water partition coefficient (Wildman–Crippen LogP) is 2.82. The lowest BCUT2D eigenvalue weighted by atomic mass is 9.89. The van der Waals surface area contributed by atoms with Crippen LogP contribution in [0.15, 0.2) is 18.2 Å². The quantitative estimate of drug-likeness (QED) is 0.894. The third kappa shape index (κ3) is 3.15. The van der Waals surface area contributed by atoms with Crippen molar-refractivity contribution in [2.24, 2.45) is 5.92 Å². The summed E-state index contributed by atoms with van der Waals surface area (Å²) in [4.78, 5) is 12.0. The van der Waals surface area contributed by atoms with Gasteiger partial charge in [0.25, 0.3) is 0 Å². The first-order valence-corrected chi connectivity index (χ1v) is 7.10. The number of amides is 1. The monoisotopic (exact) mass is 280 g/mol. The molecule has 2 N–H and O–H groups in total. The number of carbonyl (C=O) groups excluding carboxylic acids is 1. The van der Waals surface area contributed by atoms with E-state index in [1.54, 1.807) is 0 Å². The Balaban J connectivity index is 1.57. The highest BCUT2D eigenvalue weighted by Gasteiger charge is 2.34. The van der Waals surface area contributed by atoms with Crippen LogP contribution in [0.2, 0.25) is 0 Å². The molecular weight excluding hydrogens is 262 g/mol. The molecule has 2 heterocycles. The zero-order valence-electron chi connectivity index (χ0n) is 11.2. The Bertz CT molecular complexity index is 488. The summed E-state index contributed by atoms with van der Waals surface area (Å²) in [6, 6.07) is 4.14. The molecule has 3 rings (SSSR count).